The summed E-state index contributed by atoms with van der Waals surface area (Å²) in [5, 5.41) is 0.459. The normalized spacial score (nSPS) is 11.8. The van der Waals surface area contributed by atoms with Gasteiger partial charge in [0.05, 0.1) is 23.8 Å². The number of nitrogens with zero attached hydrogens (tertiary/aromatic N) is 2. The summed E-state index contributed by atoms with van der Waals surface area (Å²) in [7, 11) is -7.60. The zero-order valence-electron chi connectivity index (χ0n) is 29.0. The minimum absolute atomic E-state index is 0.0428. The van der Waals surface area contributed by atoms with Gasteiger partial charge in [0.2, 0.25) is 12.8 Å². The molecule has 0 atom stereocenters. The van der Waals surface area contributed by atoms with Crippen LogP contribution in [0.1, 0.15) is 117 Å². The van der Waals surface area contributed by atoms with Gasteiger partial charge in [-0.05, 0) is 75.2 Å². The Labute approximate surface area is 288 Å². The molecule has 270 valence electrons. The van der Waals surface area contributed by atoms with Crippen LogP contribution in [0, 0.1) is 0 Å². The fraction of sp³-hybridized carbons (Fsp3) is 0.611. The molecule has 0 heterocycles. The molecular formula is C36H58N2O8P2. The van der Waals surface area contributed by atoms with Crippen LogP contribution in [-0.4, -0.2) is 48.9 Å². The lowest BCUT2D eigenvalue weighted by Crippen LogP contribution is -2.23. The van der Waals surface area contributed by atoms with Crippen molar-refractivity contribution >= 4 is 50.0 Å². The number of anilines is 2. The number of benzene rings is 2. The van der Waals surface area contributed by atoms with Gasteiger partial charge in [-0.25, -0.2) is 0 Å². The van der Waals surface area contributed by atoms with E-state index in [1.165, 1.54) is 82.8 Å². The fourth-order valence-corrected chi connectivity index (χ4v) is 7.82. The summed E-state index contributed by atoms with van der Waals surface area (Å²) in [4.78, 5) is 44.9. The lowest BCUT2D eigenvalue weighted by molar-refractivity contribution is -0.108. The van der Waals surface area contributed by atoms with E-state index >= 15 is 0 Å². The van der Waals surface area contributed by atoms with Gasteiger partial charge in [-0.15, -0.1) is 0 Å². The predicted octanol–water partition coefficient (Wildman–Crippen LogP) is 8.25. The standard InChI is InChI=1S/C36H58N2O8P2/c1-3-45-48(44,46-4-2)36-27-23-34(24-28-36)38(32-40)30-20-18-16-14-12-10-8-6-5-7-9-11-13-15-17-19-29-37(31-39)33-21-25-35(26-22-33)47(41,42)43/h21-28,31-32H,3-20,29-30H2,1-2H3,(H2,41,42,43). The number of carbonyl (C=O) groups excluding carboxylic acids is 2. The molecule has 10 nitrogen and oxygen atoms in total. The molecule has 2 N–H and O–H groups in total. The van der Waals surface area contributed by atoms with Crippen LogP contribution in [-0.2, 0) is 27.8 Å². The molecule has 0 radical (unpaired) electrons. The molecule has 0 aliphatic rings. The van der Waals surface area contributed by atoms with E-state index in [2.05, 4.69) is 0 Å². The molecule has 12 heteroatoms. The van der Waals surface area contributed by atoms with Gasteiger partial charge in [0.25, 0.3) is 0 Å². The van der Waals surface area contributed by atoms with Crippen LogP contribution in [0.25, 0.3) is 0 Å². The summed E-state index contributed by atoms with van der Waals surface area (Å²) >= 11 is 0. The molecule has 0 unspecified atom stereocenters. The smallest absolute Gasteiger partial charge is 0.321 e. The van der Waals surface area contributed by atoms with Crippen LogP contribution in [0.3, 0.4) is 0 Å². The quantitative estimate of drug-likeness (QED) is 0.0491. The molecule has 48 heavy (non-hydrogen) atoms. The van der Waals surface area contributed by atoms with Crippen LogP contribution < -0.4 is 20.4 Å². The van der Waals surface area contributed by atoms with Crippen molar-refractivity contribution in [3.8, 4) is 0 Å². The molecule has 2 aromatic rings. The Morgan fingerprint density at radius 2 is 0.812 bits per heavy atom. The second-order valence-electron chi connectivity index (χ2n) is 12.2. The van der Waals surface area contributed by atoms with Crippen LogP contribution in [0.15, 0.2) is 48.5 Å². The van der Waals surface area contributed by atoms with Crippen LogP contribution >= 0.6 is 15.2 Å². The molecule has 2 amide bonds. The predicted molar refractivity (Wildman–Crippen MR) is 196 cm³/mol. The third kappa shape index (κ3) is 15.9. The molecule has 2 rings (SSSR count). The van der Waals surface area contributed by atoms with Crippen LogP contribution in [0.5, 0.6) is 0 Å². The number of hydrogen-bond acceptors (Lipinski definition) is 6. The van der Waals surface area contributed by atoms with Crippen molar-refractivity contribution in [2.24, 2.45) is 0 Å². The molecule has 0 aliphatic heterocycles. The second-order valence-corrected chi connectivity index (χ2v) is 15.8. The fourth-order valence-electron chi connectivity index (χ4n) is 5.72. The highest BCUT2D eigenvalue weighted by molar-refractivity contribution is 7.62. The van der Waals surface area contributed by atoms with Gasteiger partial charge in [-0.3, -0.25) is 18.7 Å². The highest BCUT2D eigenvalue weighted by Crippen LogP contribution is 2.46. The Balaban J connectivity index is 1.43. The largest absolute Gasteiger partial charge is 0.361 e. The first kappa shape index (κ1) is 41.8. The summed E-state index contributed by atoms with van der Waals surface area (Å²) in [6, 6.07) is 13.0. The molecule has 2 aromatic carbocycles. The highest BCUT2D eigenvalue weighted by Gasteiger charge is 2.26. The summed E-state index contributed by atoms with van der Waals surface area (Å²) in [6.45, 7) is 5.42. The Hall–Kier alpha value is -2.32. The number of amides is 2. The van der Waals surface area contributed by atoms with E-state index in [1.54, 1.807) is 60.0 Å². The van der Waals surface area contributed by atoms with Gasteiger partial charge >= 0.3 is 15.2 Å². The topological polar surface area (TPSA) is 134 Å². The molecule has 0 saturated carbocycles. The van der Waals surface area contributed by atoms with Gasteiger partial charge in [-0.2, -0.15) is 0 Å². The van der Waals surface area contributed by atoms with Gasteiger partial charge in [0.1, 0.15) is 0 Å². The Bertz CT molecular complexity index is 1240. The Morgan fingerprint density at radius 3 is 1.08 bits per heavy atom. The minimum atomic E-state index is -4.27. The molecule has 0 saturated heterocycles. The van der Waals surface area contributed by atoms with Gasteiger partial charge in [-0.1, -0.05) is 89.9 Å². The molecule has 0 fully saturated rings. The lowest BCUT2D eigenvalue weighted by atomic mass is 10.0. The van der Waals surface area contributed by atoms with Crippen molar-refractivity contribution in [3.63, 3.8) is 0 Å². The van der Waals surface area contributed by atoms with E-state index in [4.69, 9.17) is 9.05 Å². The number of hydrogen-bond donors (Lipinski definition) is 2. The zero-order valence-corrected chi connectivity index (χ0v) is 30.8. The lowest BCUT2D eigenvalue weighted by Gasteiger charge is -2.20. The second kappa shape index (κ2) is 23.9. The van der Waals surface area contributed by atoms with E-state index in [0.717, 1.165) is 50.6 Å². The van der Waals surface area contributed by atoms with Crippen molar-refractivity contribution in [2.75, 3.05) is 36.1 Å². The van der Waals surface area contributed by atoms with E-state index in [0.29, 0.717) is 37.3 Å². The SMILES string of the molecule is CCOP(=O)(OCC)c1ccc(N(C=O)CCCCCCCCCCCCCCCCCCN(C=O)c2ccc(P(=O)(O)O)cc2)cc1. The highest BCUT2D eigenvalue weighted by atomic mass is 31.2. The van der Waals surface area contributed by atoms with E-state index in [-0.39, 0.29) is 5.30 Å². The summed E-state index contributed by atoms with van der Waals surface area (Å²) in [5.74, 6) is 0. The minimum Gasteiger partial charge on any atom is -0.321 e. The molecule has 0 aliphatic carbocycles. The van der Waals surface area contributed by atoms with Crippen molar-refractivity contribution in [1.29, 1.82) is 0 Å². The van der Waals surface area contributed by atoms with Gasteiger partial charge in [0.15, 0.2) is 0 Å². The van der Waals surface area contributed by atoms with E-state index in [1.807, 2.05) is 0 Å². The van der Waals surface area contributed by atoms with Crippen molar-refractivity contribution in [1.82, 2.24) is 0 Å². The molecule has 0 bridgehead atoms. The van der Waals surface area contributed by atoms with Crippen molar-refractivity contribution < 1.29 is 37.6 Å². The molecule has 0 aromatic heterocycles. The first-order chi connectivity index (χ1) is 23.2. The first-order valence-corrected chi connectivity index (χ1v) is 20.9. The first-order valence-electron chi connectivity index (χ1n) is 17.8. The number of unbranched alkanes of at least 4 members (excludes halogenated alkanes) is 15. The van der Waals surface area contributed by atoms with Crippen molar-refractivity contribution in [2.45, 2.75) is 117 Å². The monoisotopic (exact) mass is 708 g/mol. The molecular weight excluding hydrogens is 650 g/mol. The maximum atomic E-state index is 12.9. The van der Waals surface area contributed by atoms with E-state index in [9.17, 15) is 28.5 Å². The Morgan fingerprint density at radius 1 is 0.521 bits per heavy atom. The summed E-state index contributed by atoms with van der Waals surface area (Å²) in [6.07, 6.45) is 20.7. The maximum absolute atomic E-state index is 12.9. The third-order valence-corrected chi connectivity index (χ3v) is 11.5. The Kier molecular flexibility index (Phi) is 20.9. The zero-order chi connectivity index (χ0) is 35.1. The molecule has 0 spiro atoms. The average molecular weight is 709 g/mol. The van der Waals surface area contributed by atoms with Gasteiger partial charge in [0, 0.05) is 24.5 Å². The number of carbonyl (C=O) groups is 2. The summed E-state index contributed by atoms with van der Waals surface area (Å²) < 4.78 is 35.1. The number of rotatable bonds is 29. The maximum Gasteiger partial charge on any atom is 0.361 e. The summed E-state index contributed by atoms with van der Waals surface area (Å²) in [5.41, 5.74) is 1.43. The van der Waals surface area contributed by atoms with Crippen LogP contribution in [0.2, 0.25) is 0 Å². The third-order valence-electron chi connectivity index (χ3n) is 8.42. The van der Waals surface area contributed by atoms with E-state index < -0.39 is 15.2 Å². The average Bonchev–Trinajstić information content (AvgIpc) is 3.07. The van der Waals surface area contributed by atoms with Crippen LogP contribution in [0.4, 0.5) is 11.4 Å². The van der Waals surface area contributed by atoms with Crippen molar-refractivity contribution in [3.05, 3.63) is 48.5 Å². The van der Waals surface area contributed by atoms with Gasteiger partial charge < -0.3 is 28.6 Å².